The molecule has 3 unspecified atom stereocenters. The third-order valence-corrected chi connectivity index (χ3v) is 4.80. The fourth-order valence-corrected chi connectivity index (χ4v) is 3.60. The molecule has 0 aliphatic rings. The maximum Gasteiger partial charge on any atom is -0.0414 e. The zero-order chi connectivity index (χ0) is 15.4. The first-order valence-electron chi connectivity index (χ1n) is 9.49. The summed E-state index contributed by atoms with van der Waals surface area (Å²) in [5.41, 5.74) is 0. The lowest BCUT2D eigenvalue weighted by molar-refractivity contribution is 0.307. The SMILES string of the molecule is CCCCCC(C)CCCC(CC)CC(C)CC(C)C. The largest absolute Gasteiger partial charge is 0.0654 e. The molecule has 0 heterocycles. The van der Waals surface area contributed by atoms with Crippen LogP contribution in [0.4, 0.5) is 0 Å². The van der Waals surface area contributed by atoms with Crippen molar-refractivity contribution >= 4 is 0 Å². The van der Waals surface area contributed by atoms with Crippen LogP contribution in [0.5, 0.6) is 0 Å². The molecule has 0 aromatic heterocycles. The molecule has 0 N–H and O–H groups in total. The summed E-state index contributed by atoms with van der Waals surface area (Å²) in [5, 5.41) is 0. The van der Waals surface area contributed by atoms with E-state index in [1.54, 1.807) is 0 Å². The molecule has 0 aromatic rings. The van der Waals surface area contributed by atoms with Crippen LogP contribution in [0.1, 0.15) is 106 Å². The van der Waals surface area contributed by atoms with E-state index in [2.05, 4.69) is 41.5 Å². The molecule has 0 radical (unpaired) electrons. The average Bonchev–Trinajstić information content (AvgIpc) is 2.36. The Kier molecular flexibility index (Phi) is 12.7. The van der Waals surface area contributed by atoms with E-state index in [0.717, 1.165) is 23.7 Å². The molecule has 122 valence electrons. The summed E-state index contributed by atoms with van der Waals surface area (Å²) < 4.78 is 0. The predicted molar refractivity (Wildman–Crippen MR) is 94.2 cm³/mol. The standard InChI is InChI=1S/C20H42/c1-7-9-10-12-18(5)13-11-14-20(8-2)16-19(6)15-17(3)4/h17-20H,7-16H2,1-6H3. The average molecular weight is 283 g/mol. The molecule has 0 rings (SSSR count). The summed E-state index contributed by atoms with van der Waals surface area (Å²) in [6.45, 7) is 14.3. The van der Waals surface area contributed by atoms with Gasteiger partial charge in [-0.25, -0.2) is 0 Å². The third kappa shape index (κ3) is 11.8. The minimum atomic E-state index is 0.862. The fourth-order valence-electron chi connectivity index (χ4n) is 3.60. The summed E-state index contributed by atoms with van der Waals surface area (Å²) in [7, 11) is 0. The molecule has 0 nitrogen and oxygen atoms in total. The number of unbranched alkanes of at least 4 members (excludes halogenated alkanes) is 2. The molecule has 20 heavy (non-hydrogen) atoms. The smallest absolute Gasteiger partial charge is 0.0414 e. The van der Waals surface area contributed by atoms with Crippen molar-refractivity contribution in [3.05, 3.63) is 0 Å². The highest BCUT2D eigenvalue weighted by Gasteiger charge is 2.13. The van der Waals surface area contributed by atoms with E-state index in [9.17, 15) is 0 Å². The maximum atomic E-state index is 2.46. The molecular formula is C20H42. The van der Waals surface area contributed by atoms with E-state index < -0.39 is 0 Å². The van der Waals surface area contributed by atoms with Crippen LogP contribution in [0.25, 0.3) is 0 Å². The Labute approximate surface area is 130 Å². The Balaban J connectivity index is 3.73. The second kappa shape index (κ2) is 12.7. The minimum absolute atomic E-state index is 0.862. The second-order valence-corrected chi connectivity index (χ2v) is 7.78. The molecule has 0 aromatic carbocycles. The van der Waals surface area contributed by atoms with Crippen molar-refractivity contribution in [2.75, 3.05) is 0 Å². The molecule has 0 aliphatic carbocycles. The van der Waals surface area contributed by atoms with E-state index in [4.69, 9.17) is 0 Å². The van der Waals surface area contributed by atoms with Crippen LogP contribution >= 0.6 is 0 Å². The Bertz CT molecular complexity index is 194. The summed E-state index contributed by atoms with van der Waals surface area (Å²) in [6, 6.07) is 0. The zero-order valence-electron chi connectivity index (χ0n) is 15.4. The van der Waals surface area contributed by atoms with Crippen molar-refractivity contribution < 1.29 is 0 Å². The van der Waals surface area contributed by atoms with Crippen LogP contribution in [0.3, 0.4) is 0 Å². The van der Waals surface area contributed by atoms with Gasteiger partial charge in [0.25, 0.3) is 0 Å². The fraction of sp³-hybridized carbons (Fsp3) is 1.00. The molecule has 0 heteroatoms. The van der Waals surface area contributed by atoms with Gasteiger partial charge in [-0.15, -0.1) is 0 Å². The van der Waals surface area contributed by atoms with Gasteiger partial charge < -0.3 is 0 Å². The van der Waals surface area contributed by atoms with Crippen LogP contribution in [0.15, 0.2) is 0 Å². The first kappa shape index (κ1) is 20.0. The maximum absolute atomic E-state index is 2.46. The molecule has 0 bridgehead atoms. The van der Waals surface area contributed by atoms with Gasteiger partial charge in [-0.2, -0.15) is 0 Å². The van der Waals surface area contributed by atoms with Gasteiger partial charge in [0, 0.05) is 0 Å². The molecule has 0 amide bonds. The van der Waals surface area contributed by atoms with Crippen molar-refractivity contribution in [3.8, 4) is 0 Å². The van der Waals surface area contributed by atoms with Crippen LogP contribution < -0.4 is 0 Å². The topological polar surface area (TPSA) is 0 Å². The Hall–Kier alpha value is 0. The lowest BCUT2D eigenvalue weighted by Crippen LogP contribution is -2.09. The molecule has 0 saturated carbocycles. The minimum Gasteiger partial charge on any atom is -0.0654 e. The third-order valence-electron chi connectivity index (χ3n) is 4.80. The summed E-state index contributed by atoms with van der Waals surface area (Å²) in [4.78, 5) is 0. The highest BCUT2D eigenvalue weighted by Crippen LogP contribution is 2.26. The molecule has 0 aliphatic heterocycles. The van der Waals surface area contributed by atoms with Gasteiger partial charge >= 0.3 is 0 Å². The van der Waals surface area contributed by atoms with Gasteiger partial charge in [0.2, 0.25) is 0 Å². The van der Waals surface area contributed by atoms with E-state index in [-0.39, 0.29) is 0 Å². The lowest BCUT2D eigenvalue weighted by Gasteiger charge is -2.21. The van der Waals surface area contributed by atoms with E-state index in [1.165, 1.54) is 64.2 Å². The predicted octanol–water partition coefficient (Wildman–Crippen LogP) is 7.47. The summed E-state index contributed by atoms with van der Waals surface area (Å²) in [6.07, 6.45) is 14.3. The monoisotopic (exact) mass is 282 g/mol. The van der Waals surface area contributed by atoms with Crippen molar-refractivity contribution in [2.45, 2.75) is 106 Å². The van der Waals surface area contributed by atoms with Gasteiger partial charge in [-0.1, -0.05) is 92.9 Å². The van der Waals surface area contributed by atoms with E-state index in [0.29, 0.717) is 0 Å². The zero-order valence-corrected chi connectivity index (χ0v) is 15.4. The summed E-state index contributed by atoms with van der Waals surface area (Å²) >= 11 is 0. The van der Waals surface area contributed by atoms with Gasteiger partial charge in [0.05, 0.1) is 0 Å². The van der Waals surface area contributed by atoms with E-state index in [1.807, 2.05) is 0 Å². The van der Waals surface area contributed by atoms with Crippen LogP contribution in [-0.4, -0.2) is 0 Å². The lowest BCUT2D eigenvalue weighted by atomic mass is 9.85. The van der Waals surface area contributed by atoms with Crippen LogP contribution in [0.2, 0.25) is 0 Å². The molecular weight excluding hydrogens is 240 g/mol. The normalized spacial score (nSPS) is 16.4. The van der Waals surface area contributed by atoms with Gasteiger partial charge in [-0.05, 0) is 36.5 Å². The van der Waals surface area contributed by atoms with Gasteiger partial charge in [0.1, 0.15) is 0 Å². The molecule has 0 fully saturated rings. The Morgan fingerprint density at radius 3 is 1.85 bits per heavy atom. The first-order chi connectivity index (χ1) is 9.49. The van der Waals surface area contributed by atoms with Crippen molar-refractivity contribution in [2.24, 2.45) is 23.7 Å². The quantitative estimate of drug-likeness (QED) is 0.307. The van der Waals surface area contributed by atoms with E-state index >= 15 is 0 Å². The van der Waals surface area contributed by atoms with Crippen molar-refractivity contribution in [3.63, 3.8) is 0 Å². The molecule has 0 spiro atoms. The van der Waals surface area contributed by atoms with Gasteiger partial charge in [0.15, 0.2) is 0 Å². The number of hydrogen-bond donors (Lipinski definition) is 0. The van der Waals surface area contributed by atoms with Crippen molar-refractivity contribution in [1.82, 2.24) is 0 Å². The Morgan fingerprint density at radius 2 is 1.30 bits per heavy atom. The summed E-state index contributed by atoms with van der Waals surface area (Å²) in [5.74, 6) is 3.71. The Morgan fingerprint density at radius 1 is 0.650 bits per heavy atom. The van der Waals surface area contributed by atoms with Crippen LogP contribution in [-0.2, 0) is 0 Å². The number of rotatable bonds is 13. The van der Waals surface area contributed by atoms with Crippen LogP contribution in [0, 0.1) is 23.7 Å². The first-order valence-corrected chi connectivity index (χ1v) is 9.49. The molecule has 0 saturated heterocycles. The molecule has 3 atom stereocenters. The number of hydrogen-bond acceptors (Lipinski definition) is 0. The second-order valence-electron chi connectivity index (χ2n) is 7.78. The van der Waals surface area contributed by atoms with Gasteiger partial charge in [-0.3, -0.25) is 0 Å². The highest BCUT2D eigenvalue weighted by molar-refractivity contribution is 4.65. The highest BCUT2D eigenvalue weighted by atomic mass is 14.2. The van der Waals surface area contributed by atoms with Crippen molar-refractivity contribution in [1.29, 1.82) is 0 Å².